The van der Waals surface area contributed by atoms with Crippen LogP contribution in [0.25, 0.3) is 0 Å². The standard InChI is InChI=1S/C11H13F2NO/c1-11(2,3)14(15)7-8-9(12)5-4-6-10(8)13/h4-7H,1-3H3/b14-7-. The Balaban J connectivity index is 3.19. The molecule has 0 N–H and O–H groups in total. The largest absolute Gasteiger partial charge is 0.623 e. The number of hydrogen-bond acceptors (Lipinski definition) is 1. The Bertz CT molecular complexity index is 374. The Morgan fingerprint density at radius 2 is 1.67 bits per heavy atom. The summed E-state index contributed by atoms with van der Waals surface area (Å²) in [7, 11) is 0. The molecule has 0 saturated carbocycles. The van der Waals surface area contributed by atoms with E-state index in [0.29, 0.717) is 4.74 Å². The number of rotatable bonds is 1. The summed E-state index contributed by atoms with van der Waals surface area (Å²) in [6.07, 6.45) is 0.935. The van der Waals surface area contributed by atoms with Crippen molar-refractivity contribution in [1.29, 1.82) is 0 Å². The fourth-order valence-corrected chi connectivity index (χ4v) is 0.945. The summed E-state index contributed by atoms with van der Waals surface area (Å²) in [6.45, 7) is 4.99. The highest BCUT2D eigenvalue weighted by molar-refractivity contribution is 5.76. The molecule has 0 spiro atoms. The van der Waals surface area contributed by atoms with Gasteiger partial charge in [-0.2, -0.15) is 0 Å². The number of hydroxylamine groups is 1. The van der Waals surface area contributed by atoms with Gasteiger partial charge in [0.15, 0.2) is 11.8 Å². The molecule has 0 aliphatic heterocycles. The molecule has 0 heterocycles. The van der Waals surface area contributed by atoms with E-state index in [-0.39, 0.29) is 5.56 Å². The second-order valence-corrected chi connectivity index (χ2v) is 4.26. The molecule has 1 aromatic carbocycles. The summed E-state index contributed by atoms with van der Waals surface area (Å²) < 4.78 is 26.9. The average molecular weight is 213 g/mol. The second kappa shape index (κ2) is 3.96. The number of halogens is 2. The van der Waals surface area contributed by atoms with E-state index in [2.05, 4.69) is 0 Å². The maximum atomic E-state index is 13.2. The van der Waals surface area contributed by atoms with Crippen molar-refractivity contribution < 1.29 is 13.5 Å². The summed E-state index contributed by atoms with van der Waals surface area (Å²) in [4.78, 5) is 0. The van der Waals surface area contributed by atoms with E-state index in [4.69, 9.17) is 0 Å². The minimum Gasteiger partial charge on any atom is -0.623 e. The third kappa shape index (κ3) is 2.75. The smallest absolute Gasteiger partial charge is 0.188 e. The summed E-state index contributed by atoms with van der Waals surface area (Å²) in [5.74, 6) is -1.47. The fraction of sp³-hybridized carbons (Fsp3) is 0.364. The lowest BCUT2D eigenvalue weighted by molar-refractivity contribution is -0.530. The van der Waals surface area contributed by atoms with Crippen LogP contribution in [0.5, 0.6) is 0 Å². The van der Waals surface area contributed by atoms with Gasteiger partial charge in [-0.1, -0.05) is 6.07 Å². The van der Waals surface area contributed by atoms with Crippen LogP contribution in [0.3, 0.4) is 0 Å². The molecule has 82 valence electrons. The quantitative estimate of drug-likeness (QED) is 0.305. The highest BCUT2D eigenvalue weighted by Crippen LogP contribution is 2.11. The highest BCUT2D eigenvalue weighted by atomic mass is 19.1. The number of benzene rings is 1. The van der Waals surface area contributed by atoms with Crippen LogP contribution in [0.4, 0.5) is 8.78 Å². The molecule has 0 bridgehead atoms. The summed E-state index contributed by atoms with van der Waals surface area (Å²) in [5, 5.41) is 11.5. The van der Waals surface area contributed by atoms with Crippen molar-refractivity contribution in [2.24, 2.45) is 0 Å². The molecule has 1 aromatic rings. The van der Waals surface area contributed by atoms with E-state index >= 15 is 0 Å². The molecule has 0 fully saturated rings. The van der Waals surface area contributed by atoms with Gasteiger partial charge < -0.3 is 5.21 Å². The molecule has 0 unspecified atom stereocenters. The molecule has 0 atom stereocenters. The van der Waals surface area contributed by atoms with Gasteiger partial charge in [-0.05, 0) is 12.1 Å². The van der Waals surface area contributed by atoms with Gasteiger partial charge in [0.05, 0.1) is 0 Å². The third-order valence-corrected chi connectivity index (χ3v) is 1.91. The first kappa shape index (κ1) is 11.6. The first-order valence-electron chi connectivity index (χ1n) is 4.58. The molecule has 0 amide bonds. The van der Waals surface area contributed by atoms with Crippen molar-refractivity contribution >= 4 is 6.21 Å². The molecular formula is C11H13F2NO. The van der Waals surface area contributed by atoms with Crippen molar-refractivity contribution in [2.45, 2.75) is 26.3 Å². The van der Waals surface area contributed by atoms with E-state index in [1.54, 1.807) is 20.8 Å². The molecule has 2 nitrogen and oxygen atoms in total. The molecule has 0 radical (unpaired) electrons. The molecule has 4 heteroatoms. The fourth-order valence-electron chi connectivity index (χ4n) is 0.945. The van der Waals surface area contributed by atoms with Crippen molar-refractivity contribution in [3.05, 3.63) is 40.6 Å². The highest BCUT2D eigenvalue weighted by Gasteiger charge is 2.20. The van der Waals surface area contributed by atoms with Crippen LogP contribution in [0.1, 0.15) is 26.3 Å². The van der Waals surface area contributed by atoms with Crippen LogP contribution in [-0.4, -0.2) is 16.5 Å². The van der Waals surface area contributed by atoms with Gasteiger partial charge in [-0.15, -0.1) is 0 Å². The van der Waals surface area contributed by atoms with Gasteiger partial charge in [-0.25, -0.2) is 13.5 Å². The third-order valence-electron chi connectivity index (χ3n) is 1.91. The van der Waals surface area contributed by atoms with Gasteiger partial charge in [0.2, 0.25) is 0 Å². The Hall–Kier alpha value is -1.45. The predicted molar refractivity (Wildman–Crippen MR) is 54.9 cm³/mol. The lowest BCUT2D eigenvalue weighted by atomic mass is 10.1. The zero-order chi connectivity index (χ0) is 11.6. The summed E-state index contributed by atoms with van der Waals surface area (Å²) in [5.41, 5.74) is -1.02. The van der Waals surface area contributed by atoms with Crippen LogP contribution in [0.2, 0.25) is 0 Å². The van der Waals surface area contributed by atoms with Gasteiger partial charge in [0.1, 0.15) is 17.2 Å². The zero-order valence-electron chi connectivity index (χ0n) is 8.92. The first-order chi connectivity index (χ1) is 6.82. The van der Waals surface area contributed by atoms with Crippen LogP contribution in [0.15, 0.2) is 18.2 Å². The Morgan fingerprint density at radius 3 is 2.07 bits per heavy atom. The SMILES string of the molecule is CC(C)(C)/[N+]([O-])=C/c1c(F)cccc1F. The van der Waals surface area contributed by atoms with Crippen molar-refractivity contribution in [3.8, 4) is 0 Å². The number of nitrogens with zero attached hydrogens (tertiary/aromatic N) is 1. The lowest BCUT2D eigenvalue weighted by Crippen LogP contribution is -2.29. The molecule has 1 rings (SSSR count). The maximum Gasteiger partial charge on any atom is 0.188 e. The molecule has 0 aromatic heterocycles. The van der Waals surface area contributed by atoms with Crippen molar-refractivity contribution in [2.75, 3.05) is 0 Å². The zero-order valence-corrected chi connectivity index (χ0v) is 8.92. The van der Waals surface area contributed by atoms with E-state index in [1.807, 2.05) is 0 Å². The van der Waals surface area contributed by atoms with Crippen LogP contribution >= 0.6 is 0 Å². The Labute approximate surface area is 87.4 Å². The molecule has 15 heavy (non-hydrogen) atoms. The number of hydrogen-bond donors (Lipinski definition) is 0. The minimum absolute atomic E-state index is 0.303. The average Bonchev–Trinajstić information content (AvgIpc) is 2.09. The maximum absolute atomic E-state index is 13.2. The molecular weight excluding hydrogens is 200 g/mol. The van der Waals surface area contributed by atoms with E-state index < -0.39 is 17.2 Å². The van der Waals surface area contributed by atoms with E-state index in [9.17, 15) is 14.0 Å². The second-order valence-electron chi connectivity index (χ2n) is 4.26. The van der Waals surface area contributed by atoms with Gasteiger partial charge in [0.25, 0.3) is 0 Å². The van der Waals surface area contributed by atoms with Gasteiger partial charge in [-0.3, -0.25) is 0 Å². The van der Waals surface area contributed by atoms with E-state index in [1.165, 1.54) is 6.07 Å². The van der Waals surface area contributed by atoms with E-state index in [0.717, 1.165) is 18.3 Å². The topological polar surface area (TPSA) is 26.1 Å². The Morgan fingerprint density at radius 1 is 1.20 bits per heavy atom. The van der Waals surface area contributed by atoms with Crippen molar-refractivity contribution in [1.82, 2.24) is 0 Å². The minimum atomic E-state index is -0.736. The molecule has 0 saturated heterocycles. The summed E-state index contributed by atoms with van der Waals surface area (Å²) in [6, 6.07) is 3.49. The first-order valence-corrected chi connectivity index (χ1v) is 4.58. The predicted octanol–water partition coefficient (Wildman–Crippen LogP) is 2.69. The van der Waals surface area contributed by atoms with Crippen LogP contribution < -0.4 is 0 Å². The summed E-state index contributed by atoms with van der Waals surface area (Å²) >= 11 is 0. The molecule has 0 aliphatic rings. The molecule has 0 aliphatic carbocycles. The Kier molecular flexibility index (Phi) is 3.07. The lowest BCUT2D eigenvalue weighted by Gasteiger charge is -2.18. The van der Waals surface area contributed by atoms with Gasteiger partial charge >= 0.3 is 0 Å². The van der Waals surface area contributed by atoms with Crippen LogP contribution in [0, 0.1) is 16.8 Å². The van der Waals surface area contributed by atoms with Crippen LogP contribution in [-0.2, 0) is 0 Å². The van der Waals surface area contributed by atoms with Gasteiger partial charge in [0, 0.05) is 20.8 Å². The normalized spacial score (nSPS) is 13.0. The monoisotopic (exact) mass is 213 g/mol. The van der Waals surface area contributed by atoms with Crippen molar-refractivity contribution in [3.63, 3.8) is 0 Å².